The largest absolute Gasteiger partial charge is 0.478 e. The van der Waals surface area contributed by atoms with E-state index in [1.807, 2.05) is 0 Å². The Morgan fingerprint density at radius 3 is 2.28 bits per heavy atom. The van der Waals surface area contributed by atoms with Gasteiger partial charge in [0.15, 0.2) is 6.19 Å². The Bertz CT molecular complexity index is 828. The summed E-state index contributed by atoms with van der Waals surface area (Å²) in [5.41, 5.74) is -0.514. The van der Waals surface area contributed by atoms with Crippen LogP contribution in [0.25, 0.3) is 0 Å². The van der Waals surface area contributed by atoms with Crippen LogP contribution < -0.4 is 5.32 Å². The van der Waals surface area contributed by atoms with Crippen LogP contribution in [0.15, 0.2) is 24.3 Å². The summed E-state index contributed by atoms with van der Waals surface area (Å²) >= 11 is 0. The SMILES string of the molecule is CCN(C#N)C(=O)C(CS(C)(=O)=O)NC(=O)c1ccccc1C(=O)O. The topological polar surface area (TPSA) is 145 Å². The molecule has 1 rings (SSSR count). The number of nitriles is 1. The minimum atomic E-state index is -3.66. The van der Waals surface area contributed by atoms with Gasteiger partial charge in [0, 0.05) is 12.8 Å². The van der Waals surface area contributed by atoms with Gasteiger partial charge in [-0.15, -0.1) is 0 Å². The molecule has 0 spiro atoms. The lowest BCUT2D eigenvalue weighted by Crippen LogP contribution is -2.50. The first-order valence-electron chi connectivity index (χ1n) is 7.12. The third kappa shape index (κ3) is 5.58. The number of aromatic carboxylic acids is 1. The summed E-state index contributed by atoms with van der Waals surface area (Å²) in [6.45, 7) is 1.51. The fraction of sp³-hybridized carbons (Fsp3) is 0.333. The van der Waals surface area contributed by atoms with E-state index in [-0.39, 0.29) is 17.7 Å². The van der Waals surface area contributed by atoms with Crippen LogP contribution in [0, 0.1) is 11.5 Å². The number of hydrogen-bond donors (Lipinski definition) is 2. The van der Waals surface area contributed by atoms with Gasteiger partial charge in [0.1, 0.15) is 15.9 Å². The average molecular weight is 367 g/mol. The van der Waals surface area contributed by atoms with Crippen molar-refractivity contribution in [3.63, 3.8) is 0 Å². The second-order valence-corrected chi connectivity index (χ2v) is 7.34. The molecule has 2 amide bonds. The van der Waals surface area contributed by atoms with Crippen molar-refractivity contribution in [3.8, 4) is 6.19 Å². The Labute approximate surface area is 144 Å². The van der Waals surface area contributed by atoms with Crippen LogP contribution in [0.1, 0.15) is 27.6 Å². The van der Waals surface area contributed by atoms with Crippen molar-refractivity contribution >= 4 is 27.6 Å². The summed E-state index contributed by atoms with van der Waals surface area (Å²) in [5.74, 6) is -3.88. The van der Waals surface area contributed by atoms with Crippen molar-refractivity contribution < 1.29 is 27.9 Å². The number of carboxylic acids is 1. The van der Waals surface area contributed by atoms with Gasteiger partial charge in [-0.05, 0) is 19.1 Å². The zero-order chi connectivity index (χ0) is 19.2. The number of amides is 2. The van der Waals surface area contributed by atoms with E-state index in [9.17, 15) is 22.8 Å². The lowest BCUT2D eigenvalue weighted by atomic mass is 10.1. The molecule has 0 saturated heterocycles. The molecule has 2 N–H and O–H groups in total. The second-order valence-electron chi connectivity index (χ2n) is 5.15. The molecule has 25 heavy (non-hydrogen) atoms. The number of sulfone groups is 1. The second kappa shape index (κ2) is 8.25. The number of benzene rings is 1. The summed E-state index contributed by atoms with van der Waals surface area (Å²) in [7, 11) is -3.66. The number of likely N-dealkylation sites (N-methyl/N-ethyl adjacent to an activating group) is 1. The molecular formula is C15H17N3O6S. The summed E-state index contributed by atoms with van der Waals surface area (Å²) in [6.07, 6.45) is 2.49. The van der Waals surface area contributed by atoms with E-state index in [1.165, 1.54) is 31.2 Å². The van der Waals surface area contributed by atoms with Gasteiger partial charge in [-0.3, -0.25) is 9.59 Å². The summed E-state index contributed by atoms with van der Waals surface area (Å²) in [4.78, 5) is 36.5. The maximum absolute atomic E-state index is 12.3. The maximum atomic E-state index is 12.3. The summed E-state index contributed by atoms with van der Waals surface area (Å²) in [6, 6.07) is 3.79. The molecule has 0 aromatic heterocycles. The van der Waals surface area contributed by atoms with Crippen LogP contribution >= 0.6 is 0 Å². The maximum Gasteiger partial charge on any atom is 0.336 e. The van der Waals surface area contributed by atoms with Crippen molar-refractivity contribution in [2.75, 3.05) is 18.6 Å². The van der Waals surface area contributed by atoms with E-state index in [0.717, 1.165) is 6.26 Å². The van der Waals surface area contributed by atoms with E-state index in [2.05, 4.69) is 5.32 Å². The standard InChI is InChI=1S/C15H17N3O6S/c1-3-18(9-16)14(20)12(8-25(2,23)24)17-13(19)10-6-4-5-7-11(10)15(21)22/h4-7,12H,3,8H2,1-2H3,(H,17,19)(H,21,22). The molecule has 9 nitrogen and oxygen atoms in total. The van der Waals surface area contributed by atoms with Crippen LogP contribution in [0.4, 0.5) is 0 Å². The van der Waals surface area contributed by atoms with Crippen molar-refractivity contribution in [1.29, 1.82) is 5.26 Å². The van der Waals surface area contributed by atoms with E-state index in [1.54, 1.807) is 6.19 Å². The lowest BCUT2D eigenvalue weighted by Gasteiger charge is -2.21. The van der Waals surface area contributed by atoms with E-state index in [0.29, 0.717) is 4.90 Å². The highest BCUT2D eigenvalue weighted by Gasteiger charge is 2.30. The third-order valence-corrected chi connectivity index (χ3v) is 4.12. The zero-order valence-corrected chi connectivity index (χ0v) is 14.4. The Hall–Kier alpha value is -2.93. The van der Waals surface area contributed by atoms with Gasteiger partial charge in [0.05, 0.1) is 16.9 Å². The van der Waals surface area contributed by atoms with Crippen molar-refractivity contribution in [3.05, 3.63) is 35.4 Å². The molecule has 1 aromatic carbocycles. The van der Waals surface area contributed by atoms with E-state index in [4.69, 9.17) is 10.4 Å². The predicted molar refractivity (Wildman–Crippen MR) is 87.4 cm³/mol. The number of hydrogen-bond acceptors (Lipinski definition) is 6. The molecule has 1 atom stereocenters. The predicted octanol–water partition coefficient (Wildman–Crippen LogP) is -0.143. The Morgan fingerprint density at radius 2 is 1.84 bits per heavy atom. The van der Waals surface area contributed by atoms with Crippen molar-refractivity contribution in [2.45, 2.75) is 13.0 Å². The van der Waals surface area contributed by atoms with Gasteiger partial charge in [-0.2, -0.15) is 5.26 Å². The van der Waals surface area contributed by atoms with Crippen molar-refractivity contribution in [1.82, 2.24) is 10.2 Å². The first-order valence-corrected chi connectivity index (χ1v) is 9.18. The van der Waals surface area contributed by atoms with Crippen LogP contribution in [-0.4, -0.2) is 60.8 Å². The molecule has 10 heteroatoms. The molecule has 134 valence electrons. The van der Waals surface area contributed by atoms with Gasteiger partial charge in [0.2, 0.25) is 0 Å². The van der Waals surface area contributed by atoms with Crippen LogP contribution in [-0.2, 0) is 14.6 Å². The van der Waals surface area contributed by atoms with Gasteiger partial charge in [-0.1, -0.05) is 12.1 Å². The molecule has 0 aliphatic rings. The van der Waals surface area contributed by atoms with E-state index < -0.39 is 39.4 Å². The molecule has 0 aliphatic heterocycles. The highest BCUT2D eigenvalue weighted by atomic mass is 32.2. The number of carboxylic acid groups (broad SMARTS) is 1. The monoisotopic (exact) mass is 367 g/mol. The number of nitrogens with zero attached hydrogens (tertiary/aromatic N) is 2. The van der Waals surface area contributed by atoms with Crippen LogP contribution in [0.2, 0.25) is 0 Å². The highest BCUT2D eigenvalue weighted by Crippen LogP contribution is 2.10. The normalized spacial score (nSPS) is 11.9. The van der Waals surface area contributed by atoms with Gasteiger partial charge in [-0.25, -0.2) is 18.1 Å². The lowest BCUT2D eigenvalue weighted by molar-refractivity contribution is -0.129. The first-order chi connectivity index (χ1) is 11.6. The summed E-state index contributed by atoms with van der Waals surface area (Å²) < 4.78 is 23.1. The molecule has 0 saturated carbocycles. The Kier molecular flexibility index (Phi) is 6.64. The fourth-order valence-corrected chi connectivity index (χ4v) is 2.88. The Morgan fingerprint density at radius 1 is 1.28 bits per heavy atom. The van der Waals surface area contributed by atoms with Crippen LogP contribution in [0.3, 0.4) is 0 Å². The number of nitrogens with one attached hydrogen (secondary N) is 1. The molecule has 0 aliphatic carbocycles. The minimum Gasteiger partial charge on any atom is -0.478 e. The quantitative estimate of drug-likeness (QED) is 0.504. The van der Waals surface area contributed by atoms with Gasteiger partial charge >= 0.3 is 5.97 Å². The van der Waals surface area contributed by atoms with Crippen molar-refractivity contribution in [2.24, 2.45) is 0 Å². The molecule has 1 aromatic rings. The van der Waals surface area contributed by atoms with Gasteiger partial charge < -0.3 is 10.4 Å². The van der Waals surface area contributed by atoms with Crippen LogP contribution in [0.5, 0.6) is 0 Å². The number of carbonyl (C=O) groups excluding carboxylic acids is 2. The van der Waals surface area contributed by atoms with Gasteiger partial charge in [0.25, 0.3) is 11.8 Å². The molecule has 0 radical (unpaired) electrons. The average Bonchev–Trinajstić information content (AvgIpc) is 2.53. The Balaban J connectivity index is 3.18. The first kappa shape index (κ1) is 20.1. The zero-order valence-electron chi connectivity index (χ0n) is 13.6. The molecule has 0 bridgehead atoms. The molecule has 0 heterocycles. The van der Waals surface area contributed by atoms with E-state index >= 15 is 0 Å². The molecular weight excluding hydrogens is 350 g/mol. The minimum absolute atomic E-state index is 0.00280. The highest BCUT2D eigenvalue weighted by molar-refractivity contribution is 7.90. The number of carbonyl (C=O) groups is 3. The molecule has 1 unspecified atom stereocenters. The fourth-order valence-electron chi connectivity index (χ4n) is 2.04. The summed E-state index contributed by atoms with van der Waals surface area (Å²) in [5, 5.41) is 20.3. The third-order valence-electron chi connectivity index (χ3n) is 3.18. The molecule has 0 fully saturated rings. The smallest absolute Gasteiger partial charge is 0.336 e. The number of rotatable bonds is 7.